The van der Waals surface area contributed by atoms with Crippen LogP contribution in [0.3, 0.4) is 0 Å². The van der Waals surface area contributed by atoms with Gasteiger partial charge in [-0.2, -0.15) is 0 Å². The number of hydrogen-bond donors (Lipinski definition) is 0. The standard InChI is InChI=1S/C79H80N4O4/c1-50(2)55-34-56-36-58-40-64(77(3,4)5)42-60(74(58)85-47-67-27-24-52-18-12-15-21-70(52)81-67)38-62-44-66(79(9,10)11)45-63(76(62)87-49-69-29-26-54-20-14-17-23-72(54)83-69)39-61-43-65(78(6,7)8)41-59(37-57(35-55)73(56)84-46-51-30-32-80-33-31-51)75(61)86-48-68-28-25-53-19-13-16-22-71(53)82-68/h12-35,40-45,50H,36-39,46-49H2,1-11H3. The van der Waals surface area contributed by atoms with Gasteiger partial charge in [0.05, 0.1) is 33.6 Å². The molecule has 4 heterocycles. The van der Waals surface area contributed by atoms with Crippen LogP contribution >= 0.6 is 0 Å². The van der Waals surface area contributed by atoms with Gasteiger partial charge < -0.3 is 18.9 Å². The fourth-order valence-corrected chi connectivity index (χ4v) is 11.9. The first kappa shape index (κ1) is 58.5. The van der Waals surface area contributed by atoms with Crippen molar-refractivity contribution in [2.24, 2.45) is 0 Å². The van der Waals surface area contributed by atoms with Gasteiger partial charge in [-0.3, -0.25) is 4.98 Å². The molecule has 0 saturated heterocycles. The van der Waals surface area contributed by atoms with Crippen LogP contribution in [0.25, 0.3) is 32.7 Å². The number of benzene rings is 7. The van der Waals surface area contributed by atoms with E-state index in [0.29, 0.717) is 32.3 Å². The molecule has 8 nitrogen and oxygen atoms in total. The van der Waals surface area contributed by atoms with Crippen molar-refractivity contribution in [3.05, 3.63) is 272 Å². The minimum Gasteiger partial charge on any atom is -0.488 e. The number of rotatable bonds is 13. The summed E-state index contributed by atoms with van der Waals surface area (Å²) in [7, 11) is 0. The summed E-state index contributed by atoms with van der Waals surface area (Å²) in [6.45, 7) is 26.5. The van der Waals surface area contributed by atoms with Crippen molar-refractivity contribution in [3.63, 3.8) is 0 Å². The van der Waals surface area contributed by atoms with Crippen molar-refractivity contribution < 1.29 is 18.9 Å². The Kier molecular flexibility index (Phi) is 16.2. The Bertz CT molecular complexity index is 4140. The molecule has 0 N–H and O–H groups in total. The Morgan fingerprint density at radius 1 is 0.345 bits per heavy atom. The molecule has 0 radical (unpaired) electrons. The minimum absolute atomic E-state index is 0.213. The molecule has 0 unspecified atom stereocenters. The first-order chi connectivity index (χ1) is 41.7. The monoisotopic (exact) mass is 1150 g/mol. The van der Waals surface area contributed by atoms with Gasteiger partial charge in [0.2, 0.25) is 0 Å². The number of aromatic nitrogens is 4. The average Bonchev–Trinajstić information content (AvgIpc) is 2.86. The summed E-state index contributed by atoms with van der Waals surface area (Å²) in [6.07, 6.45) is 5.77. The second-order valence-corrected chi connectivity index (χ2v) is 27.1. The predicted molar refractivity (Wildman–Crippen MR) is 354 cm³/mol. The lowest BCUT2D eigenvalue weighted by Crippen LogP contribution is -2.17. The van der Waals surface area contributed by atoms with E-state index < -0.39 is 0 Å². The lowest BCUT2D eigenvalue weighted by Gasteiger charge is -2.29. The normalized spacial score (nSPS) is 12.9. The maximum absolute atomic E-state index is 7.44. The molecule has 11 aromatic rings. The van der Waals surface area contributed by atoms with Gasteiger partial charge in [-0.05, 0) is 143 Å². The fraction of sp³-hybridized carbons (Fsp3) is 0.291. The van der Waals surface area contributed by atoms with E-state index in [0.717, 1.165) is 123 Å². The van der Waals surface area contributed by atoms with Gasteiger partial charge in [-0.15, -0.1) is 0 Å². The van der Waals surface area contributed by atoms with E-state index in [1.807, 2.05) is 42.7 Å². The molecule has 0 aliphatic heterocycles. The van der Waals surface area contributed by atoms with Crippen molar-refractivity contribution in [1.82, 2.24) is 19.9 Å². The third kappa shape index (κ3) is 13.3. The molecular formula is C79H80N4O4. The van der Waals surface area contributed by atoms with Gasteiger partial charge in [-0.25, -0.2) is 15.0 Å². The molecule has 1 aliphatic rings. The molecule has 0 atom stereocenters. The highest BCUT2D eigenvalue weighted by Gasteiger charge is 2.29. The maximum atomic E-state index is 7.44. The van der Waals surface area contributed by atoms with Gasteiger partial charge in [0.1, 0.15) is 49.4 Å². The van der Waals surface area contributed by atoms with E-state index >= 15 is 0 Å². The van der Waals surface area contributed by atoms with Crippen LogP contribution in [-0.2, 0) is 68.4 Å². The zero-order valence-corrected chi connectivity index (χ0v) is 52.5. The van der Waals surface area contributed by atoms with Gasteiger partial charge in [0.25, 0.3) is 0 Å². The summed E-state index contributed by atoms with van der Waals surface area (Å²) >= 11 is 0. The number of ether oxygens (including phenoxy) is 4. The summed E-state index contributed by atoms with van der Waals surface area (Å²) in [5, 5.41) is 3.27. The SMILES string of the molecule is CC(C)c1cc2c(OCc3ccncc3)c(c1)Cc1cc(C(C)(C)C)cc(c1OCc1ccc3ccccc3n1)Cc1cc(C(C)(C)C)cc(c1OCc1ccc3ccccc3n1)Cc1cc(C(C)(C)C)cc(c1OCc1ccc3ccccc3n1)C2. The molecule has 0 spiro atoms. The molecule has 1 aliphatic carbocycles. The molecule has 12 rings (SSSR count). The van der Waals surface area contributed by atoms with Gasteiger partial charge >= 0.3 is 0 Å². The summed E-state index contributed by atoms with van der Waals surface area (Å²) < 4.78 is 29.6. The number of pyridine rings is 4. The van der Waals surface area contributed by atoms with E-state index in [2.05, 4.69) is 221 Å². The van der Waals surface area contributed by atoms with Crippen molar-refractivity contribution in [3.8, 4) is 23.0 Å². The molecule has 4 aromatic heterocycles. The highest BCUT2D eigenvalue weighted by molar-refractivity contribution is 5.80. The molecule has 8 heteroatoms. The zero-order valence-electron chi connectivity index (χ0n) is 52.5. The second kappa shape index (κ2) is 24.1. The van der Waals surface area contributed by atoms with E-state index in [1.165, 1.54) is 22.3 Å². The highest BCUT2D eigenvalue weighted by Crippen LogP contribution is 2.45. The summed E-state index contributed by atoms with van der Waals surface area (Å²) in [5.41, 5.74) is 19.2. The zero-order chi connectivity index (χ0) is 60.6. The Labute approximate surface area is 514 Å². The number of nitrogens with zero attached hydrogens (tertiary/aromatic N) is 4. The van der Waals surface area contributed by atoms with Crippen LogP contribution < -0.4 is 18.9 Å². The second-order valence-electron chi connectivity index (χ2n) is 27.1. The topological polar surface area (TPSA) is 88.5 Å². The Morgan fingerprint density at radius 2 is 0.632 bits per heavy atom. The molecule has 8 bridgehead atoms. The lowest BCUT2D eigenvalue weighted by molar-refractivity contribution is 0.289. The molecule has 7 aromatic carbocycles. The van der Waals surface area contributed by atoms with E-state index in [4.69, 9.17) is 33.9 Å². The van der Waals surface area contributed by atoms with Crippen LogP contribution in [0.2, 0.25) is 0 Å². The average molecular weight is 1150 g/mol. The van der Waals surface area contributed by atoms with Gasteiger partial charge in [0, 0.05) is 54.2 Å². The van der Waals surface area contributed by atoms with Crippen molar-refractivity contribution in [2.75, 3.05) is 0 Å². The lowest BCUT2D eigenvalue weighted by atomic mass is 9.80. The Balaban J connectivity index is 1.13. The third-order valence-corrected chi connectivity index (χ3v) is 17.0. The van der Waals surface area contributed by atoms with Crippen molar-refractivity contribution in [1.29, 1.82) is 0 Å². The first-order valence-corrected chi connectivity index (χ1v) is 30.8. The summed E-state index contributed by atoms with van der Waals surface area (Å²) in [4.78, 5) is 19.8. The van der Waals surface area contributed by atoms with Crippen molar-refractivity contribution >= 4 is 32.7 Å². The highest BCUT2D eigenvalue weighted by atomic mass is 16.5. The molecule has 440 valence electrons. The number of hydrogen-bond acceptors (Lipinski definition) is 8. The van der Waals surface area contributed by atoms with E-state index in [1.54, 1.807) is 0 Å². The molecule has 0 fully saturated rings. The quantitative estimate of drug-likeness (QED) is 0.113. The molecular weight excluding hydrogens is 1070 g/mol. The largest absolute Gasteiger partial charge is 0.488 e. The van der Waals surface area contributed by atoms with Crippen molar-refractivity contribution in [2.45, 2.75) is 150 Å². The fourth-order valence-electron chi connectivity index (χ4n) is 11.9. The molecule has 87 heavy (non-hydrogen) atoms. The van der Waals surface area contributed by atoms with Crippen LogP contribution in [0.4, 0.5) is 0 Å². The first-order valence-electron chi connectivity index (χ1n) is 30.8. The number of fused-ring (bicyclic) bond motifs is 11. The maximum Gasteiger partial charge on any atom is 0.130 e. The minimum atomic E-state index is -0.231. The summed E-state index contributed by atoms with van der Waals surface area (Å²) in [6, 6.07) is 60.7. The van der Waals surface area contributed by atoms with E-state index in [9.17, 15) is 0 Å². The van der Waals surface area contributed by atoms with Crippen LogP contribution in [0.1, 0.15) is 171 Å². The van der Waals surface area contributed by atoms with Gasteiger partial charge in [-0.1, -0.05) is 197 Å². The molecule has 0 saturated carbocycles. The molecule has 0 amide bonds. The van der Waals surface area contributed by atoms with Gasteiger partial charge in [0.15, 0.2) is 0 Å². The predicted octanol–water partition coefficient (Wildman–Crippen LogP) is 18.7. The summed E-state index contributed by atoms with van der Waals surface area (Å²) in [5.74, 6) is 3.58. The smallest absolute Gasteiger partial charge is 0.130 e. The van der Waals surface area contributed by atoms with Crippen LogP contribution in [-0.4, -0.2) is 19.9 Å². The van der Waals surface area contributed by atoms with E-state index in [-0.39, 0.29) is 42.0 Å². The van der Waals surface area contributed by atoms with Crippen LogP contribution in [0.15, 0.2) is 182 Å². The Morgan fingerprint density at radius 3 is 0.931 bits per heavy atom. The van der Waals surface area contributed by atoms with Crippen LogP contribution in [0, 0.1) is 0 Å². The Hall–Kier alpha value is -8.88. The number of para-hydroxylation sites is 3. The third-order valence-electron chi connectivity index (χ3n) is 17.0. The van der Waals surface area contributed by atoms with Crippen LogP contribution in [0.5, 0.6) is 23.0 Å².